The molecule has 4 rings (SSSR count). The van der Waals surface area contributed by atoms with Crippen molar-refractivity contribution in [2.45, 2.75) is 18.8 Å². The van der Waals surface area contributed by atoms with Crippen LogP contribution in [0, 0.1) is 0 Å². The van der Waals surface area contributed by atoms with E-state index < -0.39 is 6.86 Å². The number of H-pyrrole nitrogens is 1. The number of fused-ring (bicyclic) bond motifs is 1. The van der Waals surface area contributed by atoms with Gasteiger partial charge in [-0.3, -0.25) is 0 Å². The smallest absolute Gasteiger partial charge is 0.230 e. The highest BCUT2D eigenvalue weighted by Crippen LogP contribution is 2.44. The predicted octanol–water partition coefficient (Wildman–Crippen LogP) is 2.60. The number of hydrogen-bond acceptors (Lipinski definition) is 5. The first-order valence-corrected chi connectivity index (χ1v) is 6.71. The van der Waals surface area contributed by atoms with Crippen molar-refractivity contribution in [1.29, 1.82) is 0 Å². The van der Waals surface area contributed by atoms with Crippen molar-refractivity contribution in [1.82, 2.24) is 24.9 Å². The van der Waals surface area contributed by atoms with Crippen molar-refractivity contribution >= 4 is 11.0 Å². The second kappa shape index (κ2) is 4.76. The quantitative estimate of drug-likeness (QED) is 0.797. The van der Waals surface area contributed by atoms with E-state index in [0.717, 1.165) is 29.6 Å². The van der Waals surface area contributed by atoms with Crippen molar-refractivity contribution < 1.29 is 9.13 Å². The Kier molecular flexibility index (Phi) is 2.77. The van der Waals surface area contributed by atoms with Crippen LogP contribution in [0.15, 0.2) is 24.8 Å². The van der Waals surface area contributed by atoms with Crippen molar-refractivity contribution in [2.75, 3.05) is 6.86 Å². The molecule has 1 aliphatic carbocycles. The van der Waals surface area contributed by atoms with Crippen LogP contribution in [0.2, 0.25) is 0 Å². The fourth-order valence-corrected chi connectivity index (χ4v) is 2.38. The second-order valence-electron chi connectivity index (χ2n) is 4.94. The third-order valence-electron chi connectivity index (χ3n) is 3.52. The van der Waals surface area contributed by atoms with Crippen LogP contribution in [-0.4, -0.2) is 31.8 Å². The summed E-state index contributed by atoms with van der Waals surface area (Å²) >= 11 is 0. The van der Waals surface area contributed by atoms with Gasteiger partial charge in [0.1, 0.15) is 11.9 Å². The fourth-order valence-electron chi connectivity index (χ4n) is 2.38. The number of halogens is 1. The molecule has 0 aliphatic heterocycles. The Bertz CT molecular complexity index is 799. The summed E-state index contributed by atoms with van der Waals surface area (Å²) in [5, 5.41) is 0. The maximum Gasteiger partial charge on any atom is 0.230 e. The van der Waals surface area contributed by atoms with Crippen LogP contribution in [0.1, 0.15) is 24.5 Å². The topological polar surface area (TPSA) is 76.6 Å². The number of nitrogens with one attached hydrogen (secondary N) is 1. The molecule has 7 heteroatoms. The van der Waals surface area contributed by atoms with Gasteiger partial charge in [0.15, 0.2) is 5.82 Å². The Morgan fingerprint density at radius 3 is 3.00 bits per heavy atom. The Labute approximate surface area is 119 Å². The molecule has 0 aromatic carbocycles. The molecule has 0 amide bonds. The van der Waals surface area contributed by atoms with Gasteiger partial charge in [0.05, 0.1) is 22.9 Å². The molecule has 1 fully saturated rings. The summed E-state index contributed by atoms with van der Waals surface area (Å²) in [4.78, 5) is 20.2. The maximum absolute atomic E-state index is 12.6. The van der Waals surface area contributed by atoms with Crippen molar-refractivity contribution in [3.8, 4) is 17.3 Å². The van der Waals surface area contributed by atoms with Crippen LogP contribution < -0.4 is 4.74 Å². The van der Waals surface area contributed by atoms with Crippen LogP contribution in [0.25, 0.3) is 22.4 Å². The van der Waals surface area contributed by atoms with Gasteiger partial charge in [-0.2, -0.15) is 0 Å². The van der Waals surface area contributed by atoms with Crippen LogP contribution in [0.3, 0.4) is 0 Å². The van der Waals surface area contributed by atoms with E-state index in [-0.39, 0.29) is 5.88 Å². The number of ether oxygens (including phenoxy) is 1. The Balaban J connectivity index is 1.91. The van der Waals surface area contributed by atoms with Gasteiger partial charge in [0.25, 0.3) is 0 Å². The number of aromatic amines is 1. The molecule has 6 nitrogen and oxygen atoms in total. The Hall–Kier alpha value is -2.57. The van der Waals surface area contributed by atoms with E-state index in [9.17, 15) is 4.39 Å². The van der Waals surface area contributed by atoms with E-state index in [1.807, 2.05) is 6.07 Å². The fraction of sp³-hybridized carbons (Fsp3) is 0.286. The van der Waals surface area contributed by atoms with Gasteiger partial charge < -0.3 is 9.72 Å². The minimum absolute atomic E-state index is 0.198. The molecule has 1 saturated carbocycles. The molecule has 0 radical (unpaired) electrons. The molecule has 106 valence electrons. The van der Waals surface area contributed by atoms with Crippen LogP contribution in [-0.2, 0) is 0 Å². The Morgan fingerprint density at radius 2 is 2.19 bits per heavy atom. The molecule has 0 atom stereocenters. The highest BCUT2D eigenvalue weighted by atomic mass is 19.1. The molecule has 1 aliphatic rings. The molecule has 0 saturated heterocycles. The average Bonchev–Trinajstić information content (AvgIpc) is 3.25. The van der Waals surface area contributed by atoms with Crippen LogP contribution >= 0.6 is 0 Å². The molecule has 0 bridgehead atoms. The zero-order valence-corrected chi connectivity index (χ0v) is 11.1. The third-order valence-corrected chi connectivity index (χ3v) is 3.52. The highest BCUT2D eigenvalue weighted by molar-refractivity contribution is 5.77. The van der Waals surface area contributed by atoms with E-state index in [0.29, 0.717) is 17.3 Å². The molecule has 21 heavy (non-hydrogen) atoms. The summed E-state index contributed by atoms with van der Waals surface area (Å²) in [5.74, 6) is 1.02. The predicted molar refractivity (Wildman–Crippen MR) is 73.5 cm³/mol. The first kappa shape index (κ1) is 12.2. The van der Waals surface area contributed by atoms with Gasteiger partial charge in [-0.1, -0.05) is 0 Å². The van der Waals surface area contributed by atoms with Gasteiger partial charge >= 0.3 is 0 Å². The SMILES string of the molecule is FCOc1ncnc(C2CC2)c1-c1ncc2[nH]ccc2n1. The van der Waals surface area contributed by atoms with Crippen LogP contribution in [0.4, 0.5) is 4.39 Å². The standard InChI is InChI=1S/C14H12FN5O/c15-6-21-14-11(12(8-1-2-8)18-7-19-14)13-17-5-10-9(20-13)3-4-16-10/h3-5,7-8,16H,1-2,6H2. The number of rotatable bonds is 4. The first-order valence-electron chi connectivity index (χ1n) is 6.71. The van der Waals surface area contributed by atoms with E-state index in [1.54, 1.807) is 12.4 Å². The molecular formula is C14H12FN5O. The number of nitrogens with zero attached hydrogens (tertiary/aromatic N) is 4. The summed E-state index contributed by atoms with van der Waals surface area (Å²) in [7, 11) is 0. The van der Waals surface area contributed by atoms with Crippen molar-refractivity contribution in [2.24, 2.45) is 0 Å². The zero-order valence-electron chi connectivity index (χ0n) is 11.1. The van der Waals surface area contributed by atoms with E-state index >= 15 is 0 Å². The van der Waals surface area contributed by atoms with Gasteiger partial charge in [-0.15, -0.1) is 0 Å². The third kappa shape index (κ3) is 2.10. The van der Waals surface area contributed by atoms with Gasteiger partial charge in [0.2, 0.25) is 12.7 Å². The first-order chi connectivity index (χ1) is 10.4. The number of aromatic nitrogens is 5. The van der Waals surface area contributed by atoms with E-state index in [2.05, 4.69) is 24.9 Å². The molecule has 3 aromatic rings. The monoisotopic (exact) mass is 285 g/mol. The molecule has 0 spiro atoms. The van der Waals surface area contributed by atoms with E-state index in [1.165, 1.54) is 6.33 Å². The maximum atomic E-state index is 12.6. The van der Waals surface area contributed by atoms with E-state index in [4.69, 9.17) is 4.74 Å². The lowest BCUT2D eigenvalue weighted by Gasteiger charge is -2.10. The highest BCUT2D eigenvalue weighted by Gasteiger charge is 2.31. The van der Waals surface area contributed by atoms with Crippen LogP contribution in [0.5, 0.6) is 5.88 Å². The Morgan fingerprint density at radius 1 is 1.29 bits per heavy atom. The average molecular weight is 285 g/mol. The lowest BCUT2D eigenvalue weighted by atomic mass is 10.1. The molecular weight excluding hydrogens is 273 g/mol. The lowest BCUT2D eigenvalue weighted by Crippen LogP contribution is -2.03. The second-order valence-corrected chi connectivity index (χ2v) is 4.94. The summed E-state index contributed by atoms with van der Waals surface area (Å²) in [6, 6.07) is 1.86. The molecule has 3 heterocycles. The van der Waals surface area contributed by atoms with Gasteiger partial charge in [-0.25, -0.2) is 24.3 Å². The zero-order chi connectivity index (χ0) is 14.2. The largest absolute Gasteiger partial charge is 0.445 e. The van der Waals surface area contributed by atoms with Crippen molar-refractivity contribution in [3.05, 3.63) is 30.5 Å². The summed E-state index contributed by atoms with van der Waals surface area (Å²) < 4.78 is 17.6. The minimum Gasteiger partial charge on any atom is -0.445 e. The van der Waals surface area contributed by atoms with Gasteiger partial charge in [0, 0.05) is 12.1 Å². The number of alkyl halides is 1. The van der Waals surface area contributed by atoms with Gasteiger partial charge in [-0.05, 0) is 18.9 Å². The lowest BCUT2D eigenvalue weighted by molar-refractivity contribution is 0.185. The molecule has 1 N–H and O–H groups in total. The summed E-state index contributed by atoms with van der Waals surface area (Å²) in [6.07, 6.45) is 7.01. The molecule has 0 unspecified atom stereocenters. The summed E-state index contributed by atoms with van der Waals surface area (Å²) in [6.45, 7) is -0.944. The number of hydrogen-bond donors (Lipinski definition) is 1. The molecule has 3 aromatic heterocycles. The van der Waals surface area contributed by atoms with Crippen molar-refractivity contribution in [3.63, 3.8) is 0 Å². The summed E-state index contributed by atoms with van der Waals surface area (Å²) in [5.41, 5.74) is 3.07. The minimum atomic E-state index is -0.944. The normalized spacial score (nSPS) is 14.5.